The molecule has 162 valence electrons. The molecule has 2 aromatic rings. The van der Waals surface area contributed by atoms with Crippen molar-refractivity contribution in [2.24, 2.45) is 0 Å². The Labute approximate surface area is 176 Å². The summed E-state index contributed by atoms with van der Waals surface area (Å²) in [6, 6.07) is 6.72. The number of hydrogen-bond donors (Lipinski definition) is 2. The number of nitro benzene ring substituents is 1. The van der Waals surface area contributed by atoms with Crippen LogP contribution in [0.15, 0.2) is 30.3 Å². The second-order valence-corrected chi connectivity index (χ2v) is 6.67. The van der Waals surface area contributed by atoms with Crippen LogP contribution in [-0.2, 0) is 9.53 Å². The van der Waals surface area contributed by atoms with Gasteiger partial charge in [0.25, 0.3) is 11.6 Å². The third-order valence-electron chi connectivity index (χ3n) is 4.29. The second-order valence-electron chi connectivity index (χ2n) is 6.67. The zero-order chi connectivity index (χ0) is 22.5. The van der Waals surface area contributed by atoms with Crippen molar-refractivity contribution < 1.29 is 33.5 Å². The highest BCUT2D eigenvalue weighted by Gasteiger charge is 2.28. The summed E-state index contributed by atoms with van der Waals surface area (Å²) in [5.41, 5.74) is 1.38. The predicted molar refractivity (Wildman–Crippen MR) is 107 cm³/mol. The summed E-state index contributed by atoms with van der Waals surface area (Å²) in [4.78, 5) is 46.7. The number of ether oxygens (including phenoxy) is 3. The first-order valence-corrected chi connectivity index (χ1v) is 9.18. The molecule has 2 N–H and O–H groups in total. The Balaban J connectivity index is 1.60. The van der Waals surface area contributed by atoms with Crippen LogP contribution in [0.1, 0.15) is 21.5 Å². The number of amides is 3. The number of aryl methyl sites for hydroxylation is 2. The number of nitrogens with zero attached hydrogens (tertiary/aromatic N) is 1. The number of carbonyl (C=O) groups excluding carboxylic acids is 3. The van der Waals surface area contributed by atoms with E-state index >= 15 is 0 Å². The van der Waals surface area contributed by atoms with Crippen molar-refractivity contribution >= 4 is 29.3 Å². The van der Waals surface area contributed by atoms with E-state index in [2.05, 4.69) is 5.32 Å². The molecule has 1 aliphatic rings. The molecule has 0 saturated carbocycles. The molecule has 3 rings (SSSR count). The van der Waals surface area contributed by atoms with E-state index in [-0.39, 0.29) is 24.7 Å². The number of fused-ring (bicyclic) bond motifs is 1. The Morgan fingerprint density at radius 2 is 1.77 bits per heavy atom. The maximum Gasteiger partial charge on any atom is 0.345 e. The van der Waals surface area contributed by atoms with Crippen molar-refractivity contribution in [3.05, 3.63) is 57.1 Å². The van der Waals surface area contributed by atoms with Crippen LogP contribution in [0.4, 0.5) is 16.2 Å². The van der Waals surface area contributed by atoms with Gasteiger partial charge in [0, 0.05) is 11.8 Å². The third-order valence-corrected chi connectivity index (χ3v) is 4.29. The molecule has 1 aliphatic heterocycles. The maximum atomic E-state index is 12.3. The van der Waals surface area contributed by atoms with Gasteiger partial charge in [-0.25, -0.2) is 9.59 Å². The van der Waals surface area contributed by atoms with Crippen LogP contribution in [0, 0.1) is 24.0 Å². The number of imide groups is 1. The predicted octanol–water partition coefficient (Wildman–Crippen LogP) is 2.49. The monoisotopic (exact) mass is 429 g/mol. The van der Waals surface area contributed by atoms with Crippen LogP contribution in [0.5, 0.6) is 11.5 Å². The van der Waals surface area contributed by atoms with Crippen molar-refractivity contribution in [1.82, 2.24) is 5.32 Å². The van der Waals surface area contributed by atoms with Crippen molar-refractivity contribution in [3.63, 3.8) is 0 Å². The van der Waals surface area contributed by atoms with Crippen LogP contribution in [0.2, 0.25) is 0 Å². The lowest BCUT2D eigenvalue weighted by molar-refractivity contribution is -0.385. The quantitative estimate of drug-likeness (QED) is 0.419. The van der Waals surface area contributed by atoms with Gasteiger partial charge in [0.1, 0.15) is 18.8 Å². The van der Waals surface area contributed by atoms with Crippen molar-refractivity contribution in [1.29, 1.82) is 0 Å². The molecule has 2 aromatic carbocycles. The number of benzene rings is 2. The summed E-state index contributed by atoms with van der Waals surface area (Å²) in [7, 11) is 0. The summed E-state index contributed by atoms with van der Waals surface area (Å²) >= 11 is 0. The molecule has 0 bridgehead atoms. The fourth-order valence-electron chi connectivity index (χ4n) is 2.87. The van der Waals surface area contributed by atoms with Crippen LogP contribution >= 0.6 is 0 Å². The molecule has 0 aromatic heterocycles. The average Bonchev–Trinajstić information content (AvgIpc) is 2.73. The highest BCUT2D eigenvalue weighted by atomic mass is 16.6. The van der Waals surface area contributed by atoms with E-state index in [0.717, 1.165) is 23.3 Å². The van der Waals surface area contributed by atoms with Gasteiger partial charge in [0.2, 0.25) is 0 Å². The third kappa shape index (κ3) is 5.26. The molecule has 0 unspecified atom stereocenters. The largest absolute Gasteiger partial charge is 0.486 e. The normalized spacial score (nSPS) is 11.9. The molecule has 11 nitrogen and oxygen atoms in total. The molecule has 3 amide bonds. The zero-order valence-corrected chi connectivity index (χ0v) is 16.7. The topological polar surface area (TPSA) is 146 Å². The number of urea groups is 1. The molecule has 0 atom stereocenters. The number of hydrogen-bond acceptors (Lipinski definition) is 8. The Hall–Kier alpha value is -4.15. The lowest BCUT2D eigenvalue weighted by atomic mass is 10.1. The van der Waals surface area contributed by atoms with Gasteiger partial charge in [0.15, 0.2) is 18.1 Å². The number of carbonyl (C=O) groups is 3. The van der Waals surface area contributed by atoms with Gasteiger partial charge in [-0.05, 0) is 25.5 Å². The van der Waals surface area contributed by atoms with E-state index in [1.165, 1.54) is 0 Å². The fourth-order valence-corrected chi connectivity index (χ4v) is 2.87. The molecule has 0 spiro atoms. The van der Waals surface area contributed by atoms with E-state index < -0.39 is 40.7 Å². The molecule has 1 heterocycles. The summed E-state index contributed by atoms with van der Waals surface area (Å²) in [6.07, 6.45) is 0. The molecule has 0 radical (unpaired) electrons. The maximum absolute atomic E-state index is 12.3. The minimum atomic E-state index is -1.12. The number of nitro groups is 1. The first-order chi connectivity index (χ1) is 14.7. The van der Waals surface area contributed by atoms with Gasteiger partial charge in [-0.3, -0.25) is 20.2 Å². The molecule has 31 heavy (non-hydrogen) atoms. The molecular weight excluding hydrogens is 410 g/mol. The first kappa shape index (κ1) is 21.6. The Kier molecular flexibility index (Phi) is 6.34. The first-order valence-electron chi connectivity index (χ1n) is 9.18. The fraction of sp³-hybridized carbons (Fsp3) is 0.250. The second kappa shape index (κ2) is 9.11. The van der Waals surface area contributed by atoms with Crippen molar-refractivity contribution in [2.45, 2.75) is 13.8 Å². The Morgan fingerprint density at radius 3 is 2.42 bits per heavy atom. The minimum Gasteiger partial charge on any atom is -0.486 e. The summed E-state index contributed by atoms with van der Waals surface area (Å²) in [6.45, 7) is 3.33. The van der Waals surface area contributed by atoms with Gasteiger partial charge in [0.05, 0.1) is 11.0 Å². The summed E-state index contributed by atoms with van der Waals surface area (Å²) < 4.78 is 15.4. The number of esters is 1. The summed E-state index contributed by atoms with van der Waals surface area (Å²) in [5, 5.41) is 15.8. The smallest absolute Gasteiger partial charge is 0.345 e. The van der Waals surface area contributed by atoms with Gasteiger partial charge < -0.3 is 19.5 Å². The number of nitrogens with one attached hydrogen (secondary N) is 2. The van der Waals surface area contributed by atoms with Crippen LogP contribution < -0.4 is 20.1 Å². The van der Waals surface area contributed by atoms with E-state index in [1.54, 1.807) is 19.1 Å². The lowest BCUT2D eigenvalue weighted by Gasteiger charge is -2.18. The van der Waals surface area contributed by atoms with Gasteiger partial charge in [-0.1, -0.05) is 17.7 Å². The van der Waals surface area contributed by atoms with Crippen molar-refractivity contribution in [3.8, 4) is 11.5 Å². The van der Waals surface area contributed by atoms with Gasteiger partial charge >= 0.3 is 12.0 Å². The summed E-state index contributed by atoms with van der Waals surface area (Å²) in [5.74, 6) is -1.74. The van der Waals surface area contributed by atoms with Crippen LogP contribution in [-0.4, -0.2) is 42.7 Å². The molecule has 11 heteroatoms. The highest BCUT2D eigenvalue weighted by molar-refractivity contribution is 6.03. The Morgan fingerprint density at radius 1 is 1.10 bits per heavy atom. The van der Waals surface area contributed by atoms with E-state index in [0.29, 0.717) is 5.69 Å². The SMILES string of the molecule is Cc1ccc(NC(=O)NC(=O)COC(=O)c2cc3c(cc2[N+](=O)[O-])OCCO3)c(C)c1. The van der Waals surface area contributed by atoms with Crippen LogP contribution in [0.3, 0.4) is 0 Å². The van der Waals surface area contributed by atoms with Gasteiger partial charge in [-0.15, -0.1) is 0 Å². The van der Waals surface area contributed by atoms with Crippen molar-refractivity contribution in [2.75, 3.05) is 25.1 Å². The molecule has 0 fully saturated rings. The molecular formula is C20H19N3O8. The minimum absolute atomic E-state index is 0.135. The van der Waals surface area contributed by atoms with Gasteiger partial charge in [-0.2, -0.15) is 0 Å². The zero-order valence-electron chi connectivity index (χ0n) is 16.7. The van der Waals surface area contributed by atoms with E-state index in [4.69, 9.17) is 14.2 Å². The standard InChI is InChI=1S/C20H19N3O8/c1-11-3-4-14(12(2)7-11)21-20(26)22-18(24)10-31-19(25)13-8-16-17(30-6-5-29-16)9-15(13)23(27)28/h3-4,7-9H,5-6,10H2,1-2H3,(H2,21,22,24,26). The van der Waals surface area contributed by atoms with Crippen LogP contribution in [0.25, 0.3) is 0 Å². The highest BCUT2D eigenvalue weighted by Crippen LogP contribution is 2.36. The number of anilines is 1. The van der Waals surface area contributed by atoms with E-state index in [1.807, 2.05) is 18.3 Å². The number of rotatable bonds is 5. The lowest BCUT2D eigenvalue weighted by Crippen LogP contribution is -2.37. The molecule has 0 aliphatic carbocycles. The molecule has 0 saturated heterocycles. The average molecular weight is 429 g/mol. The Bertz CT molecular complexity index is 1070. The van der Waals surface area contributed by atoms with E-state index in [9.17, 15) is 24.5 Å².